The number of nitrogens with zero attached hydrogens (tertiary/aromatic N) is 5. The van der Waals surface area contributed by atoms with Crippen molar-refractivity contribution in [3.8, 4) is 0 Å². The predicted molar refractivity (Wildman–Crippen MR) is 108 cm³/mol. The molecule has 3 atom stereocenters. The Morgan fingerprint density at radius 1 is 1.00 bits per heavy atom. The quantitative estimate of drug-likeness (QED) is 0.787. The smallest absolute Gasteiger partial charge is 0.328 e. The molecule has 3 aliphatic rings. The van der Waals surface area contributed by atoms with E-state index in [-0.39, 0.29) is 18.0 Å². The van der Waals surface area contributed by atoms with Crippen LogP contribution in [0.25, 0.3) is 0 Å². The molecule has 3 unspecified atom stereocenters. The van der Waals surface area contributed by atoms with Gasteiger partial charge in [-0.05, 0) is 25.3 Å². The van der Waals surface area contributed by atoms with Crippen LogP contribution >= 0.6 is 0 Å². The first kappa shape index (κ1) is 18.8. The van der Waals surface area contributed by atoms with Crippen LogP contribution in [0.1, 0.15) is 44.2 Å². The number of fused-ring (bicyclic) bond motifs is 1. The van der Waals surface area contributed by atoms with E-state index in [1.807, 2.05) is 18.2 Å². The number of imide groups is 1. The number of urea groups is 1. The van der Waals surface area contributed by atoms with Crippen LogP contribution in [0.3, 0.4) is 0 Å². The van der Waals surface area contributed by atoms with E-state index >= 15 is 0 Å². The number of hydrogen-bond acceptors (Lipinski definition) is 5. The average Bonchev–Trinajstić information content (AvgIpc) is 2.91. The molecule has 0 radical (unpaired) electrons. The van der Waals surface area contributed by atoms with Gasteiger partial charge in [0.15, 0.2) is 18.2 Å². The number of rotatable bonds is 2. The zero-order valence-electron chi connectivity index (χ0n) is 16.9. The van der Waals surface area contributed by atoms with Crippen molar-refractivity contribution in [1.29, 1.82) is 0 Å². The molecule has 0 spiro atoms. The lowest BCUT2D eigenvalue weighted by Gasteiger charge is -2.43. The minimum Gasteiger partial charge on any atom is -0.343 e. The zero-order chi connectivity index (χ0) is 19.8. The van der Waals surface area contributed by atoms with E-state index in [0.29, 0.717) is 0 Å². The fraction of sp³-hybridized carbons (Fsp3) is 0.571. The van der Waals surface area contributed by atoms with Crippen molar-refractivity contribution >= 4 is 17.9 Å². The topological polar surface area (TPSA) is 59.5 Å². The Bertz CT molecular complexity index is 772. The summed E-state index contributed by atoms with van der Waals surface area (Å²) in [7, 11) is 3.30. The number of likely N-dealkylation sites (tertiary alicyclic amines) is 1. The maximum absolute atomic E-state index is 13.2. The van der Waals surface area contributed by atoms with E-state index in [1.54, 1.807) is 19.0 Å². The molecule has 0 bridgehead atoms. The van der Waals surface area contributed by atoms with Gasteiger partial charge in [0, 0.05) is 27.2 Å². The molecule has 3 heterocycles. The van der Waals surface area contributed by atoms with Crippen LogP contribution in [-0.4, -0.2) is 76.9 Å². The number of aliphatic imine (C=N–C) groups is 1. The summed E-state index contributed by atoms with van der Waals surface area (Å²) in [6.07, 6.45) is 4.24. The first-order valence-electron chi connectivity index (χ1n) is 10.2. The van der Waals surface area contributed by atoms with E-state index in [1.165, 1.54) is 17.7 Å². The number of carbonyl (C=O) groups is 2. The Morgan fingerprint density at radius 3 is 2.29 bits per heavy atom. The van der Waals surface area contributed by atoms with Crippen LogP contribution < -0.4 is 0 Å². The molecule has 0 saturated carbocycles. The van der Waals surface area contributed by atoms with Crippen LogP contribution in [0.4, 0.5) is 4.79 Å². The van der Waals surface area contributed by atoms with Gasteiger partial charge < -0.3 is 14.7 Å². The van der Waals surface area contributed by atoms with E-state index in [9.17, 15) is 9.59 Å². The van der Waals surface area contributed by atoms with Gasteiger partial charge in [0.25, 0.3) is 5.91 Å². The number of hydrogen-bond donors (Lipinski definition) is 0. The van der Waals surface area contributed by atoms with E-state index < -0.39 is 12.2 Å². The summed E-state index contributed by atoms with van der Waals surface area (Å²) in [5.74, 6) is 0.681. The number of benzene rings is 1. The van der Waals surface area contributed by atoms with Gasteiger partial charge >= 0.3 is 6.03 Å². The molecule has 150 valence electrons. The Labute approximate surface area is 166 Å². The van der Waals surface area contributed by atoms with Gasteiger partial charge in [-0.15, -0.1) is 0 Å². The second kappa shape index (κ2) is 7.45. The Balaban J connectivity index is 1.75. The molecule has 0 N–H and O–H groups in total. The minimum atomic E-state index is -0.485. The highest BCUT2D eigenvalue weighted by Gasteiger charge is 2.53. The molecule has 1 aromatic rings. The second-order valence-electron chi connectivity index (χ2n) is 7.97. The number of carbonyl (C=O) groups excluding carboxylic acids is 2. The van der Waals surface area contributed by atoms with Gasteiger partial charge in [0.1, 0.15) is 0 Å². The SMILES string of the molecule is CC(c1ccccc1)N1C(N2CCCCCC2)=NC2C1C(=O)N(C)C(=O)N2C. The average molecular weight is 383 g/mol. The summed E-state index contributed by atoms with van der Waals surface area (Å²) < 4.78 is 0. The Morgan fingerprint density at radius 2 is 1.64 bits per heavy atom. The molecule has 2 saturated heterocycles. The summed E-state index contributed by atoms with van der Waals surface area (Å²) >= 11 is 0. The lowest BCUT2D eigenvalue weighted by atomic mass is 10.0. The molecule has 28 heavy (non-hydrogen) atoms. The van der Waals surface area contributed by atoms with Crippen LogP contribution in [0.15, 0.2) is 35.3 Å². The summed E-state index contributed by atoms with van der Waals surface area (Å²) in [6, 6.07) is 9.42. The van der Waals surface area contributed by atoms with Crippen molar-refractivity contribution in [3.63, 3.8) is 0 Å². The normalized spacial score (nSPS) is 26.9. The number of amides is 3. The van der Waals surface area contributed by atoms with Gasteiger partial charge in [0.05, 0.1) is 6.04 Å². The molecule has 1 aromatic carbocycles. The van der Waals surface area contributed by atoms with Gasteiger partial charge in [-0.25, -0.2) is 9.79 Å². The van der Waals surface area contributed by atoms with Crippen LogP contribution in [0, 0.1) is 0 Å². The molecular weight excluding hydrogens is 354 g/mol. The maximum atomic E-state index is 13.2. The molecule has 4 rings (SSSR count). The van der Waals surface area contributed by atoms with Crippen molar-refractivity contribution < 1.29 is 9.59 Å². The van der Waals surface area contributed by atoms with Crippen molar-refractivity contribution in [1.82, 2.24) is 19.6 Å². The minimum absolute atomic E-state index is 0.0165. The third kappa shape index (κ3) is 3.02. The van der Waals surface area contributed by atoms with E-state index in [0.717, 1.165) is 37.5 Å². The summed E-state index contributed by atoms with van der Waals surface area (Å²) in [6.45, 7) is 4.00. The first-order valence-corrected chi connectivity index (χ1v) is 10.2. The fourth-order valence-corrected chi connectivity index (χ4v) is 4.53. The van der Waals surface area contributed by atoms with Crippen molar-refractivity contribution in [2.45, 2.75) is 50.9 Å². The van der Waals surface area contributed by atoms with Gasteiger partial charge in [-0.2, -0.15) is 0 Å². The summed E-state index contributed by atoms with van der Waals surface area (Å²) in [5, 5.41) is 0. The Kier molecular flexibility index (Phi) is 5.00. The molecule has 2 fully saturated rings. The highest BCUT2D eigenvalue weighted by molar-refractivity contribution is 6.03. The summed E-state index contributed by atoms with van der Waals surface area (Å²) in [5.41, 5.74) is 1.14. The monoisotopic (exact) mass is 383 g/mol. The Hall–Kier alpha value is -2.57. The zero-order valence-corrected chi connectivity index (χ0v) is 16.9. The standard InChI is InChI=1S/C21H29N5O2/c1-15(16-11-7-6-8-12-16)26-17-18(23(2)21(28)24(3)19(17)27)22-20(26)25-13-9-4-5-10-14-25/h6-8,11-12,15,17-18H,4-5,9-10,13-14H2,1-3H3. The molecule has 3 amide bonds. The molecular formula is C21H29N5O2. The number of likely N-dealkylation sites (N-methyl/N-ethyl adjacent to an activating group) is 2. The van der Waals surface area contributed by atoms with Gasteiger partial charge in [-0.1, -0.05) is 43.2 Å². The van der Waals surface area contributed by atoms with Gasteiger partial charge in [0.2, 0.25) is 0 Å². The number of guanidine groups is 1. The first-order chi connectivity index (χ1) is 13.5. The lowest BCUT2D eigenvalue weighted by molar-refractivity contribution is -0.137. The largest absolute Gasteiger partial charge is 0.343 e. The molecule has 3 aliphatic heterocycles. The van der Waals surface area contributed by atoms with Crippen LogP contribution in [0.2, 0.25) is 0 Å². The highest BCUT2D eigenvalue weighted by atomic mass is 16.2. The second-order valence-corrected chi connectivity index (χ2v) is 7.97. The molecule has 0 aromatic heterocycles. The van der Waals surface area contributed by atoms with E-state index in [2.05, 4.69) is 28.9 Å². The van der Waals surface area contributed by atoms with Crippen molar-refractivity contribution in [2.75, 3.05) is 27.2 Å². The van der Waals surface area contributed by atoms with E-state index in [4.69, 9.17) is 4.99 Å². The fourth-order valence-electron chi connectivity index (χ4n) is 4.53. The lowest BCUT2D eigenvalue weighted by Crippen LogP contribution is -2.64. The predicted octanol–water partition coefficient (Wildman–Crippen LogP) is 2.51. The maximum Gasteiger partial charge on any atom is 0.328 e. The van der Waals surface area contributed by atoms with Crippen LogP contribution in [0.5, 0.6) is 0 Å². The van der Waals surface area contributed by atoms with Crippen LogP contribution in [-0.2, 0) is 4.79 Å². The third-order valence-electron chi connectivity index (χ3n) is 6.22. The van der Waals surface area contributed by atoms with Crippen molar-refractivity contribution in [2.24, 2.45) is 4.99 Å². The molecule has 7 nitrogen and oxygen atoms in total. The molecule has 7 heteroatoms. The third-order valence-corrected chi connectivity index (χ3v) is 6.22. The summed E-state index contributed by atoms with van der Waals surface area (Å²) in [4.78, 5) is 37.9. The highest BCUT2D eigenvalue weighted by Crippen LogP contribution is 2.35. The van der Waals surface area contributed by atoms with Crippen molar-refractivity contribution in [3.05, 3.63) is 35.9 Å². The van der Waals surface area contributed by atoms with Gasteiger partial charge in [-0.3, -0.25) is 9.69 Å². The molecule has 0 aliphatic carbocycles.